The van der Waals surface area contributed by atoms with E-state index in [-0.39, 0.29) is 30.0 Å². The van der Waals surface area contributed by atoms with Crippen molar-refractivity contribution in [1.82, 2.24) is 4.90 Å². The number of hydrogen-bond donors (Lipinski definition) is 1. The van der Waals surface area contributed by atoms with Crippen LogP contribution in [0.15, 0.2) is 24.3 Å². The number of ether oxygens (including phenoxy) is 2. The highest BCUT2D eigenvalue weighted by atomic mass is 33.1. The maximum Gasteiger partial charge on any atom is 0.310 e. The van der Waals surface area contributed by atoms with E-state index >= 15 is 0 Å². The van der Waals surface area contributed by atoms with Crippen LogP contribution in [0.1, 0.15) is 12.5 Å². The summed E-state index contributed by atoms with van der Waals surface area (Å²) in [6.07, 6.45) is 0.194. The molecule has 0 bridgehead atoms. The zero-order valence-electron chi connectivity index (χ0n) is 15.5. The summed E-state index contributed by atoms with van der Waals surface area (Å²) in [5, 5.41) is 9.19. The highest BCUT2D eigenvalue weighted by Crippen LogP contribution is 2.20. The average molecular weight is 402 g/mol. The molecule has 1 aromatic rings. The molecule has 6 nitrogen and oxygen atoms in total. The van der Waals surface area contributed by atoms with Gasteiger partial charge in [-0.2, -0.15) is 0 Å². The van der Waals surface area contributed by atoms with Crippen LogP contribution in [-0.2, 0) is 25.5 Å². The Morgan fingerprint density at radius 1 is 1.08 bits per heavy atom. The van der Waals surface area contributed by atoms with Crippen LogP contribution in [0.25, 0.3) is 0 Å². The van der Waals surface area contributed by atoms with E-state index in [0.29, 0.717) is 31.3 Å². The normalized spacial score (nSPS) is 12.0. The van der Waals surface area contributed by atoms with Crippen LogP contribution in [0.3, 0.4) is 0 Å². The van der Waals surface area contributed by atoms with Crippen molar-refractivity contribution in [3.63, 3.8) is 0 Å². The van der Waals surface area contributed by atoms with Crippen LogP contribution < -0.4 is 0 Å². The smallest absolute Gasteiger partial charge is 0.310 e. The van der Waals surface area contributed by atoms with Crippen molar-refractivity contribution in [2.24, 2.45) is 5.92 Å². The Morgan fingerprint density at radius 3 is 2.23 bits per heavy atom. The second-order valence-electron chi connectivity index (χ2n) is 6.04. The number of benzene rings is 1. The number of phenolic OH excluding ortho intramolecular Hbond substituents is 1. The largest absolute Gasteiger partial charge is 0.508 e. The number of rotatable bonds is 12. The third-order valence-electron chi connectivity index (χ3n) is 3.25. The standard InChI is InChI=1S/C18H27NO5S2/c1-14(13-19(2)3)18(22)24-9-11-26-25-10-8-23-17(21)12-15-4-6-16(20)7-5-15/h4-7,14,20H,8-13H2,1-3H3. The molecule has 1 unspecified atom stereocenters. The van der Waals surface area contributed by atoms with Gasteiger partial charge < -0.3 is 19.5 Å². The van der Waals surface area contributed by atoms with Crippen LogP contribution in [0.4, 0.5) is 0 Å². The molecular weight excluding hydrogens is 374 g/mol. The highest BCUT2D eigenvalue weighted by molar-refractivity contribution is 8.76. The fraction of sp³-hybridized carbons (Fsp3) is 0.556. The predicted molar refractivity (Wildman–Crippen MR) is 106 cm³/mol. The van der Waals surface area contributed by atoms with Gasteiger partial charge in [0.15, 0.2) is 0 Å². The zero-order valence-corrected chi connectivity index (χ0v) is 17.1. The summed E-state index contributed by atoms with van der Waals surface area (Å²) in [7, 11) is 7.02. The third kappa shape index (κ3) is 10.6. The average Bonchev–Trinajstić information content (AvgIpc) is 2.58. The van der Waals surface area contributed by atoms with Crippen molar-refractivity contribution < 1.29 is 24.2 Å². The Morgan fingerprint density at radius 2 is 1.65 bits per heavy atom. The van der Waals surface area contributed by atoms with Gasteiger partial charge >= 0.3 is 11.9 Å². The van der Waals surface area contributed by atoms with Gasteiger partial charge in [0.2, 0.25) is 0 Å². The molecule has 0 spiro atoms. The molecule has 1 rings (SSSR count). The lowest BCUT2D eigenvalue weighted by atomic mass is 10.1. The summed E-state index contributed by atoms with van der Waals surface area (Å²) < 4.78 is 10.4. The fourth-order valence-electron chi connectivity index (χ4n) is 2.08. The molecule has 0 saturated carbocycles. The lowest BCUT2D eigenvalue weighted by Crippen LogP contribution is -2.27. The molecule has 0 radical (unpaired) electrons. The Kier molecular flexibility index (Phi) is 11.2. The minimum Gasteiger partial charge on any atom is -0.508 e. The number of carbonyl (C=O) groups excluding carboxylic acids is 2. The first kappa shape index (κ1) is 22.7. The summed E-state index contributed by atoms with van der Waals surface area (Å²) in [5.41, 5.74) is 0.806. The molecule has 146 valence electrons. The summed E-state index contributed by atoms with van der Waals surface area (Å²) in [6.45, 7) is 3.26. The van der Waals surface area contributed by atoms with Crippen LogP contribution >= 0.6 is 21.6 Å². The lowest BCUT2D eigenvalue weighted by molar-refractivity contribution is -0.147. The summed E-state index contributed by atoms with van der Waals surface area (Å²) in [6, 6.07) is 6.48. The number of phenols is 1. The van der Waals surface area contributed by atoms with Gasteiger partial charge in [-0.1, -0.05) is 40.6 Å². The van der Waals surface area contributed by atoms with Gasteiger partial charge in [0.05, 0.1) is 12.3 Å². The molecule has 1 atom stereocenters. The van der Waals surface area contributed by atoms with E-state index in [1.807, 2.05) is 25.9 Å². The Hall–Kier alpha value is -1.38. The quantitative estimate of drug-likeness (QED) is 0.325. The molecule has 0 heterocycles. The SMILES string of the molecule is CC(CN(C)C)C(=O)OCCSSCCOC(=O)Cc1ccc(O)cc1. The Bertz CT molecular complexity index is 551. The van der Waals surface area contributed by atoms with E-state index in [2.05, 4.69) is 0 Å². The molecule has 0 amide bonds. The van der Waals surface area contributed by atoms with Crippen molar-refractivity contribution in [3.05, 3.63) is 29.8 Å². The third-order valence-corrected chi connectivity index (χ3v) is 5.58. The van der Waals surface area contributed by atoms with Gasteiger partial charge in [0.1, 0.15) is 19.0 Å². The maximum atomic E-state index is 11.7. The number of esters is 2. The lowest BCUT2D eigenvalue weighted by Gasteiger charge is -2.15. The van der Waals surface area contributed by atoms with Crippen molar-refractivity contribution in [3.8, 4) is 5.75 Å². The van der Waals surface area contributed by atoms with Crippen LogP contribution in [0.5, 0.6) is 5.75 Å². The highest BCUT2D eigenvalue weighted by Gasteiger charge is 2.14. The molecule has 1 N–H and O–H groups in total. The first-order valence-corrected chi connectivity index (χ1v) is 10.9. The zero-order chi connectivity index (χ0) is 19.4. The predicted octanol–water partition coefficient (Wildman–Crippen LogP) is 2.60. The van der Waals surface area contributed by atoms with Crippen LogP contribution in [-0.4, -0.2) is 67.3 Å². The fourth-order valence-corrected chi connectivity index (χ4v) is 3.73. The van der Waals surface area contributed by atoms with Gasteiger partial charge in [0, 0.05) is 18.1 Å². The first-order chi connectivity index (χ1) is 12.4. The van der Waals surface area contributed by atoms with Gasteiger partial charge in [-0.3, -0.25) is 9.59 Å². The van der Waals surface area contributed by atoms with Gasteiger partial charge in [-0.15, -0.1) is 0 Å². The van der Waals surface area contributed by atoms with Crippen LogP contribution in [0.2, 0.25) is 0 Å². The summed E-state index contributed by atoms with van der Waals surface area (Å²) in [4.78, 5) is 25.4. The molecule has 0 aromatic heterocycles. The second kappa shape index (κ2) is 12.9. The minimum absolute atomic E-state index is 0.129. The van der Waals surface area contributed by atoms with Gasteiger partial charge in [0.25, 0.3) is 0 Å². The number of aromatic hydroxyl groups is 1. The molecule has 0 aliphatic rings. The molecule has 0 aliphatic carbocycles. The van der Waals surface area contributed by atoms with Gasteiger partial charge in [-0.05, 0) is 31.8 Å². The van der Waals surface area contributed by atoms with Crippen molar-refractivity contribution in [1.29, 1.82) is 0 Å². The first-order valence-electron chi connectivity index (χ1n) is 8.37. The Labute approximate surface area is 163 Å². The van der Waals surface area contributed by atoms with Crippen LogP contribution in [0, 0.1) is 5.92 Å². The molecule has 0 aliphatic heterocycles. The Balaban J connectivity index is 1.99. The van der Waals surface area contributed by atoms with E-state index in [1.165, 1.54) is 0 Å². The minimum atomic E-state index is -0.287. The molecule has 8 heteroatoms. The van der Waals surface area contributed by atoms with Crippen molar-refractivity contribution in [2.75, 3.05) is 45.4 Å². The molecule has 26 heavy (non-hydrogen) atoms. The van der Waals surface area contributed by atoms with E-state index in [0.717, 1.165) is 5.56 Å². The molecule has 0 fully saturated rings. The van der Waals surface area contributed by atoms with E-state index < -0.39 is 0 Å². The molecule has 1 aromatic carbocycles. The number of hydrogen-bond acceptors (Lipinski definition) is 8. The molecule has 0 saturated heterocycles. The second-order valence-corrected chi connectivity index (χ2v) is 8.74. The topological polar surface area (TPSA) is 76.1 Å². The summed E-state index contributed by atoms with van der Waals surface area (Å²) >= 11 is 0. The van der Waals surface area contributed by atoms with E-state index in [1.54, 1.807) is 45.9 Å². The number of nitrogens with zero attached hydrogens (tertiary/aromatic N) is 1. The van der Waals surface area contributed by atoms with Crippen molar-refractivity contribution >= 4 is 33.5 Å². The van der Waals surface area contributed by atoms with E-state index in [4.69, 9.17) is 9.47 Å². The molecular formula is C18H27NO5S2. The van der Waals surface area contributed by atoms with Gasteiger partial charge in [-0.25, -0.2) is 0 Å². The van der Waals surface area contributed by atoms with E-state index in [9.17, 15) is 14.7 Å². The van der Waals surface area contributed by atoms with Crippen molar-refractivity contribution in [2.45, 2.75) is 13.3 Å². The monoisotopic (exact) mass is 401 g/mol. The number of carbonyl (C=O) groups is 2. The summed E-state index contributed by atoms with van der Waals surface area (Å²) in [5.74, 6) is 0.963. The maximum absolute atomic E-state index is 11.7.